The molecule has 0 unspecified atom stereocenters. The van der Waals surface area contributed by atoms with Gasteiger partial charge in [0.1, 0.15) is 11.2 Å². The number of anilines is 3. The van der Waals surface area contributed by atoms with E-state index in [1.165, 1.54) is 0 Å². The average Bonchev–Trinajstić information content (AvgIpc) is 3.59. The van der Waals surface area contributed by atoms with E-state index >= 15 is 0 Å². The number of hydrogen-bond donors (Lipinski definition) is 0. The maximum atomic E-state index is 6.28. The van der Waals surface area contributed by atoms with Gasteiger partial charge in [-0.25, -0.2) is 4.98 Å². The van der Waals surface area contributed by atoms with E-state index in [4.69, 9.17) is 19.4 Å². The van der Waals surface area contributed by atoms with Gasteiger partial charge in [0.2, 0.25) is 5.95 Å². The van der Waals surface area contributed by atoms with Crippen LogP contribution in [0.15, 0.2) is 186 Å². The molecule has 0 saturated carbocycles. The highest BCUT2D eigenvalue weighted by Crippen LogP contribution is 2.42. The summed E-state index contributed by atoms with van der Waals surface area (Å²) in [7, 11) is 0. The van der Waals surface area contributed by atoms with Crippen LogP contribution in [0.1, 0.15) is 0 Å². The molecule has 0 aliphatic carbocycles. The summed E-state index contributed by atoms with van der Waals surface area (Å²) in [5, 5.41) is 1.99. The molecule has 5 nitrogen and oxygen atoms in total. The standard InChI is InChI=1S/C45H30N4O/c1-4-15-31(16-5-1)32-27-29-35(30-28-32)49(39-24-12-10-21-36(39)33-17-6-2-7-18-33)45-47-43(34-19-8-3-9-20-34)46-44(48-45)38-23-14-26-41-42(38)37-22-11-13-25-40(37)50-41/h1-30H. The van der Waals surface area contributed by atoms with Crippen molar-refractivity contribution in [2.24, 2.45) is 0 Å². The van der Waals surface area contributed by atoms with Crippen LogP contribution in [0.3, 0.4) is 0 Å². The van der Waals surface area contributed by atoms with E-state index in [9.17, 15) is 0 Å². The molecule has 0 aliphatic rings. The molecule has 0 N–H and O–H groups in total. The molecule has 0 fully saturated rings. The Morgan fingerprint density at radius 2 is 0.940 bits per heavy atom. The molecule has 5 heteroatoms. The second kappa shape index (κ2) is 12.6. The van der Waals surface area contributed by atoms with E-state index in [0.29, 0.717) is 17.6 Å². The molecule has 9 aromatic rings. The lowest BCUT2D eigenvalue weighted by Crippen LogP contribution is -2.16. The van der Waals surface area contributed by atoms with Gasteiger partial charge in [0.25, 0.3) is 0 Å². The first kappa shape index (κ1) is 29.3. The van der Waals surface area contributed by atoms with Crippen molar-refractivity contribution in [2.75, 3.05) is 4.90 Å². The van der Waals surface area contributed by atoms with E-state index in [1.807, 2.05) is 72.8 Å². The van der Waals surface area contributed by atoms with Crippen molar-refractivity contribution in [3.63, 3.8) is 0 Å². The zero-order chi connectivity index (χ0) is 33.3. The molecule has 2 heterocycles. The fourth-order valence-corrected chi connectivity index (χ4v) is 6.59. The van der Waals surface area contributed by atoms with Crippen LogP contribution in [0.2, 0.25) is 0 Å². The van der Waals surface area contributed by atoms with Crippen LogP contribution in [0, 0.1) is 0 Å². The van der Waals surface area contributed by atoms with Crippen LogP contribution in [0.4, 0.5) is 17.3 Å². The van der Waals surface area contributed by atoms with Crippen LogP contribution in [-0.4, -0.2) is 15.0 Å². The fourth-order valence-electron chi connectivity index (χ4n) is 6.59. The van der Waals surface area contributed by atoms with Gasteiger partial charge in [-0.15, -0.1) is 0 Å². The highest BCUT2D eigenvalue weighted by Gasteiger charge is 2.23. The third kappa shape index (κ3) is 5.37. The average molecular weight is 643 g/mol. The molecule has 0 saturated heterocycles. The van der Waals surface area contributed by atoms with Crippen molar-refractivity contribution in [2.45, 2.75) is 0 Å². The monoisotopic (exact) mass is 642 g/mol. The van der Waals surface area contributed by atoms with E-state index in [-0.39, 0.29) is 0 Å². The summed E-state index contributed by atoms with van der Waals surface area (Å²) in [6.07, 6.45) is 0. The fraction of sp³-hybridized carbons (Fsp3) is 0. The number of hydrogen-bond acceptors (Lipinski definition) is 5. The molecule has 0 aliphatic heterocycles. The third-order valence-corrected chi connectivity index (χ3v) is 8.96. The summed E-state index contributed by atoms with van der Waals surface area (Å²) in [5.74, 6) is 1.65. The van der Waals surface area contributed by atoms with Crippen molar-refractivity contribution in [3.05, 3.63) is 182 Å². The van der Waals surface area contributed by atoms with Gasteiger partial charge in [0, 0.05) is 33.2 Å². The molecule has 0 bridgehead atoms. The lowest BCUT2D eigenvalue weighted by molar-refractivity contribution is 0.669. The van der Waals surface area contributed by atoms with Crippen molar-refractivity contribution in [3.8, 4) is 45.0 Å². The number of fused-ring (bicyclic) bond motifs is 3. The smallest absolute Gasteiger partial charge is 0.238 e. The van der Waals surface area contributed by atoms with E-state index in [1.54, 1.807) is 0 Å². The molecule has 0 atom stereocenters. The van der Waals surface area contributed by atoms with Gasteiger partial charge < -0.3 is 4.42 Å². The molecule has 7 aromatic carbocycles. The molecule has 236 valence electrons. The maximum Gasteiger partial charge on any atom is 0.238 e. The second-order valence-electron chi connectivity index (χ2n) is 12.1. The summed E-state index contributed by atoms with van der Waals surface area (Å²) in [5.41, 5.74) is 9.72. The Kier molecular flexibility index (Phi) is 7.41. The minimum absolute atomic E-state index is 0.509. The Labute approximate surface area is 289 Å². The van der Waals surface area contributed by atoms with E-state index in [0.717, 1.165) is 66.7 Å². The van der Waals surface area contributed by atoms with Crippen LogP contribution < -0.4 is 4.90 Å². The SMILES string of the molecule is c1ccc(-c2ccc(N(c3nc(-c4ccccc4)nc(-c4cccc5oc6ccccc6c45)n3)c3ccccc3-c3ccccc3)cc2)cc1. The van der Waals surface area contributed by atoms with Gasteiger partial charge in [0.15, 0.2) is 11.6 Å². The first-order valence-electron chi connectivity index (χ1n) is 16.6. The molecule has 0 radical (unpaired) electrons. The Morgan fingerprint density at radius 3 is 1.70 bits per heavy atom. The summed E-state index contributed by atoms with van der Waals surface area (Å²) >= 11 is 0. The molecule has 2 aromatic heterocycles. The predicted molar refractivity (Wildman–Crippen MR) is 204 cm³/mol. The second-order valence-corrected chi connectivity index (χ2v) is 12.1. The van der Waals surface area contributed by atoms with Gasteiger partial charge in [-0.1, -0.05) is 152 Å². The Balaban J connectivity index is 1.31. The zero-order valence-corrected chi connectivity index (χ0v) is 27.0. The molecular weight excluding hydrogens is 613 g/mol. The van der Waals surface area contributed by atoms with Gasteiger partial charge in [-0.2, -0.15) is 9.97 Å². The lowest BCUT2D eigenvalue weighted by atomic mass is 10.0. The first-order valence-corrected chi connectivity index (χ1v) is 16.6. The van der Waals surface area contributed by atoms with Gasteiger partial charge in [0.05, 0.1) is 5.69 Å². The number of rotatable bonds is 7. The summed E-state index contributed by atoms with van der Waals surface area (Å²) < 4.78 is 6.28. The van der Waals surface area contributed by atoms with Gasteiger partial charge in [-0.05, 0) is 47.0 Å². The number of para-hydroxylation sites is 2. The van der Waals surface area contributed by atoms with Gasteiger partial charge in [-0.3, -0.25) is 4.90 Å². The van der Waals surface area contributed by atoms with Crippen LogP contribution in [0.25, 0.3) is 67.0 Å². The largest absolute Gasteiger partial charge is 0.456 e. The molecule has 0 amide bonds. The highest BCUT2D eigenvalue weighted by atomic mass is 16.3. The topological polar surface area (TPSA) is 55.1 Å². The summed E-state index contributed by atoms with van der Waals surface area (Å²) in [6, 6.07) is 62.1. The number of nitrogens with zero attached hydrogens (tertiary/aromatic N) is 4. The first-order chi connectivity index (χ1) is 24.8. The third-order valence-electron chi connectivity index (χ3n) is 8.96. The normalized spacial score (nSPS) is 11.2. The minimum atomic E-state index is 0.509. The number of benzene rings is 7. The number of furan rings is 1. The quantitative estimate of drug-likeness (QED) is 0.173. The van der Waals surface area contributed by atoms with Gasteiger partial charge >= 0.3 is 0 Å². The molecule has 0 spiro atoms. The molecule has 50 heavy (non-hydrogen) atoms. The predicted octanol–water partition coefficient (Wildman–Crippen LogP) is 11.9. The highest BCUT2D eigenvalue weighted by molar-refractivity contribution is 6.11. The Morgan fingerprint density at radius 1 is 0.380 bits per heavy atom. The van der Waals surface area contributed by atoms with Crippen molar-refractivity contribution < 1.29 is 4.42 Å². The zero-order valence-electron chi connectivity index (χ0n) is 27.0. The lowest BCUT2D eigenvalue weighted by Gasteiger charge is -2.26. The van der Waals surface area contributed by atoms with E-state index in [2.05, 4.69) is 114 Å². The van der Waals surface area contributed by atoms with E-state index < -0.39 is 0 Å². The van der Waals surface area contributed by atoms with Crippen LogP contribution in [-0.2, 0) is 0 Å². The minimum Gasteiger partial charge on any atom is -0.456 e. The van der Waals surface area contributed by atoms with Crippen molar-refractivity contribution >= 4 is 39.3 Å². The van der Waals surface area contributed by atoms with Crippen LogP contribution >= 0.6 is 0 Å². The summed E-state index contributed by atoms with van der Waals surface area (Å²) in [6.45, 7) is 0. The Hall–Kier alpha value is -6.85. The van der Waals surface area contributed by atoms with Crippen LogP contribution in [0.5, 0.6) is 0 Å². The number of aromatic nitrogens is 3. The van der Waals surface area contributed by atoms with Crippen molar-refractivity contribution in [1.82, 2.24) is 15.0 Å². The molecular formula is C45H30N4O. The maximum absolute atomic E-state index is 6.28. The van der Waals surface area contributed by atoms with Crippen molar-refractivity contribution in [1.29, 1.82) is 0 Å². The summed E-state index contributed by atoms with van der Waals surface area (Å²) in [4.78, 5) is 17.8. The Bertz CT molecular complexity index is 2580. The molecule has 9 rings (SSSR count).